The highest BCUT2D eigenvalue weighted by Gasteiger charge is 2.17. The van der Waals surface area contributed by atoms with Gasteiger partial charge in [-0.3, -0.25) is 0 Å². The summed E-state index contributed by atoms with van der Waals surface area (Å²) in [7, 11) is 0. The van der Waals surface area contributed by atoms with Crippen LogP contribution in [0.25, 0.3) is 0 Å². The average Bonchev–Trinajstić information content (AvgIpc) is 3.04. The van der Waals surface area contributed by atoms with Crippen molar-refractivity contribution >= 4 is 11.3 Å². The first kappa shape index (κ1) is 13.4. The maximum absolute atomic E-state index is 5.64. The molecule has 0 radical (unpaired) electrons. The Bertz CT molecular complexity index is 535. The van der Waals surface area contributed by atoms with Crippen LogP contribution in [0.2, 0.25) is 0 Å². The summed E-state index contributed by atoms with van der Waals surface area (Å²) in [5.74, 6) is 0. The zero-order chi connectivity index (χ0) is 13.6. The second-order valence-electron chi connectivity index (χ2n) is 4.97. The molecule has 2 unspecified atom stereocenters. The lowest BCUT2D eigenvalue weighted by molar-refractivity contribution is 0.120. The lowest BCUT2D eigenvalue weighted by atomic mass is 10.0. The molecule has 1 aliphatic heterocycles. The average molecular weight is 285 g/mol. The molecular weight excluding hydrogens is 266 g/mol. The Morgan fingerprint density at radius 3 is 2.80 bits per heavy atom. The Morgan fingerprint density at radius 1 is 1.20 bits per heavy atom. The molecule has 104 valence electrons. The van der Waals surface area contributed by atoms with E-state index in [0.717, 1.165) is 19.4 Å². The van der Waals surface area contributed by atoms with Crippen LogP contribution in [0.5, 0.6) is 0 Å². The van der Waals surface area contributed by atoms with Crippen molar-refractivity contribution in [2.75, 3.05) is 6.54 Å². The summed E-state index contributed by atoms with van der Waals surface area (Å²) in [6, 6.07) is 15.2. The highest BCUT2D eigenvalue weighted by Crippen LogP contribution is 2.26. The number of ether oxygens (including phenoxy) is 1. The molecule has 1 aliphatic rings. The fourth-order valence-corrected chi connectivity index (χ4v) is 3.29. The largest absolute Gasteiger partial charge is 0.497 e. The zero-order valence-electron chi connectivity index (χ0n) is 11.4. The van der Waals surface area contributed by atoms with E-state index in [1.807, 2.05) is 6.26 Å². The fourth-order valence-electron chi connectivity index (χ4n) is 2.47. The molecule has 20 heavy (non-hydrogen) atoms. The van der Waals surface area contributed by atoms with E-state index in [2.05, 4.69) is 59.2 Å². The van der Waals surface area contributed by atoms with Gasteiger partial charge in [-0.25, -0.2) is 0 Å². The van der Waals surface area contributed by atoms with Crippen LogP contribution in [0.3, 0.4) is 0 Å². The highest BCUT2D eigenvalue weighted by molar-refractivity contribution is 7.10. The van der Waals surface area contributed by atoms with E-state index < -0.39 is 0 Å². The molecule has 0 saturated carbocycles. The van der Waals surface area contributed by atoms with Crippen molar-refractivity contribution in [1.29, 1.82) is 0 Å². The maximum atomic E-state index is 5.64. The fraction of sp³-hybridized carbons (Fsp3) is 0.294. The number of thiophene rings is 1. The lowest BCUT2D eigenvalue weighted by Gasteiger charge is -2.24. The molecule has 0 saturated heterocycles. The molecule has 2 nitrogen and oxygen atoms in total. The first-order valence-electron chi connectivity index (χ1n) is 7.05. The van der Waals surface area contributed by atoms with Gasteiger partial charge in [-0.2, -0.15) is 0 Å². The standard InChI is InChI=1S/C17H19NOS/c1-2-7-14(8-3-1)17(16-10-6-12-20-16)18-13-15-9-4-5-11-19-15/h1-3,5-8,10-12,15,17-18H,4,9,13H2. The van der Waals surface area contributed by atoms with Gasteiger partial charge in [-0.05, 0) is 35.9 Å². The summed E-state index contributed by atoms with van der Waals surface area (Å²) in [4.78, 5) is 1.35. The molecular formula is C17H19NOS. The summed E-state index contributed by atoms with van der Waals surface area (Å²) >= 11 is 1.80. The van der Waals surface area contributed by atoms with Gasteiger partial charge in [-0.1, -0.05) is 36.4 Å². The second-order valence-corrected chi connectivity index (χ2v) is 5.95. The maximum Gasteiger partial charge on any atom is 0.110 e. The van der Waals surface area contributed by atoms with Crippen molar-refractivity contribution in [3.05, 3.63) is 70.6 Å². The van der Waals surface area contributed by atoms with E-state index in [1.54, 1.807) is 11.3 Å². The molecule has 3 heteroatoms. The van der Waals surface area contributed by atoms with Crippen LogP contribution in [0.4, 0.5) is 0 Å². The summed E-state index contributed by atoms with van der Waals surface area (Å²) in [6.07, 6.45) is 6.41. The summed E-state index contributed by atoms with van der Waals surface area (Å²) in [5.41, 5.74) is 1.31. The smallest absolute Gasteiger partial charge is 0.110 e. The van der Waals surface area contributed by atoms with Crippen LogP contribution in [-0.4, -0.2) is 12.6 Å². The molecule has 2 heterocycles. The number of allylic oxidation sites excluding steroid dienone is 1. The highest BCUT2D eigenvalue weighted by atomic mass is 32.1. The summed E-state index contributed by atoms with van der Waals surface area (Å²) < 4.78 is 5.64. The van der Waals surface area contributed by atoms with Crippen molar-refractivity contribution in [3.63, 3.8) is 0 Å². The quantitative estimate of drug-likeness (QED) is 0.892. The van der Waals surface area contributed by atoms with E-state index >= 15 is 0 Å². The predicted octanol–water partition coefficient (Wildman–Crippen LogP) is 4.12. The van der Waals surface area contributed by atoms with Gasteiger partial charge >= 0.3 is 0 Å². The van der Waals surface area contributed by atoms with E-state index in [4.69, 9.17) is 4.74 Å². The van der Waals surface area contributed by atoms with Gasteiger partial charge in [0.1, 0.15) is 6.10 Å². The van der Waals surface area contributed by atoms with Crippen molar-refractivity contribution < 1.29 is 4.74 Å². The van der Waals surface area contributed by atoms with Crippen LogP contribution >= 0.6 is 11.3 Å². The number of nitrogens with one attached hydrogen (secondary N) is 1. The number of rotatable bonds is 5. The zero-order valence-corrected chi connectivity index (χ0v) is 12.2. The third-order valence-corrected chi connectivity index (χ3v) is 4.47. The van der Waals surface area contributed by atoms with Gasteiger partial charge in [-0.15, -0.1) is 11.3 Å². The van der Waals surface area contributed by atoms with E-state index in [-0.39, 0.29) is 12.1 Å². The number of hydrogen-bond donors (Lipinski definition) is 1. The molecule has 0 amide bonds. The van der Waals surface area contributed by atoms with Gasteiger partial charge < -0.3 is 10.1 Å². The third-order valence-electron chi connectivity index (χ3n) is 3.53. The van der Waals surface area contributed by atoms with Gasteiger partial charge in [0.2, 0.25) is 0 Å². The normalized spacial score (nSPS) is 19.5. The van der Waals surface area contributed by atoms with Crippen LogP contribution in [0.1, 0.15) is 29.3 Å². The van der Waals surface area contributed by atoms with Gasteiger partial charge in [0.25, 0.3) is 0 Å². The third kappa shape index (κ3) is 3.30. The monoisotopic (exact) mass is 285 g/mol. The number of hydrogen-bond acceptors (Lipinski definition) is 3. The Balaban J connectivity index is 1.71. The van der Waals surface area contributed by atoms with E-state index in [9.17, 15) is 0 Å². The van der Waals surface area contributed by atoms with Crippen molar-refractivity contribution in [2.45, 2.75) is 25.0 Å². The molecule has 0 spiro atoms. The van der Waals surface area contributed by atoms with Crippen molar-refractivity contribution in [2.24, 2.45) is 0 Å². The molecule has 0 fully saturated rings. The molecule has 1 N–H and O–H groups in total. The predicted molar refractivity (Wildman–Crippen MR) is 83.9 cm³/mol. The SMILES string of the molecule is C1=COC(CNC(c2ccccc2)c2cccs2)CC1. The topological polar surface area (TPSA) is 21.3 Å². The van der Waals surface area contributed by atoms with Gasteiger partial charge in [0, 0.05) is 11.4 Å². The van der Waals surface area contributed by atoms with Crippen LogP contribution < -0.4 is 5.32 Å². The van der Waals surface area contributed by atoms with Crippen molar-refractivity contribution in [3.8, 4) is 0 Å². The van der Waals surface area contributed by atoms with E-state index in [1.165, 1.54) is 10.4 Å². The summed E-state index contributed by atoms with van der Waals surface area (Å²) in [6.45, 7) is 0.877. The van der Waals surface area contributed by atoms with E-state index in [0.29, 0.717) is 0 Å². The van der Waals surface area contributed by atoms with Crippen LogP contribution in [0, 0.1) is 0 Å². The molecule has 1 aromatic heterocycles. The van der Waals surface area contributed by atoms with Gasteiger partial charge in [0.15, 0.2) is 0 Å². The molecule has 2 atom stereocenters. The summed E-state index contributed by atoms with van der Waals surface area (Å²) in [5, 5.41) is 5.79. The minimum atomic E-state index is 0.255. The Morgan fingerprint density at radius 2 is 2.10 bits per heavy atom. The molecule has 2 aromatic rings. The molecule has 3 rings (SSSR count). The molecule has 1 aromatic carbocycles. The molecule has 0 aliphatic carbocycles. The van der Waals surface area contributed by atoms with Gasteiger partial charge in [0.05, 0.1) is 12.3 Å². The minimum Gasteiger partial charge on any atom is -0.497 e. The second kappa shape index (κ2) is 6.73. The Hall–Kier alpha value is -1.58. The lowest BCUT2D eigenvalue weighted by Crippen LogP contribution is -2.32. The first-order chi connectivity index (χ1) is 9.93. The Kier molecular flexibility index (Phi) is 4.51. The van der Waals surface area contributed by atoms with Crippen LogP contribution in [-0.2, 0) is 4.74 Å². The number of benzene rings is 1. The van der Waals surface area contributed by atoms with Crippen LogP contribution in [0.15, 0.2) is 60.2 Å². The molecule has 0 bridgehead atoms. The Labute approximate surface area is 124 Å². The van der Waals surface area contributed by atoms with Crippen molar-refractivity contribution in [1.82, 2.24) is 5.32 Å². The first-order valence-corrected chi connectivity index (χ1v) is 7.93. The minimum absolute atomic E-state index is 0.255.